The highest BCUT2D eigenvalue weighted by molar-refractivity contribution is 5.97. The topological polar surface area (TPSA) is 68.3 Å². The van der Waals surface area contributed by atoms with Gasteiger partial charge in [0.1, 0.15) is 23.0 Å². The van der Waals surface area contributed by atoms with E-state index in [2.05, 4.69) is 4.98 Å². The number of hydrogen-bond acceptors (Lipinski definition) is 7. The van der Waals surface area contributed by atoms with Gasteiger partial charge in [-0.2, -0.15) is 0 Å². The molecular formula is C23H25NO6. The first-order valence-electron chi connectivity index (χ1n) is 9.78. The molecular weight excluding hydrogens is 386 g/mol. The number of rotatable bonds is 8. The van der Waals surface area contributed by atoms with Gasteiger partial charge in [0.2, 0.25) is 0 Å². The number of ether oxygens (including phenoxy) is 6. The van der Waals surface area contributed by atoms with E-state index in [0.717, 1.165) is 27.8 Å². The third-order valence-corrected chi connectivity index (χ3v) is 5.01. The standard InChI is InChI=1S/C23H25NO6/c1-25-16-6-4-15(5-7-16)18-14-24-19-12-17(26-2)13-20(27-3)22(19)23(18)30-9-8-21-28-10-11-29-21/h4-7,12-14,21H,8-11H2,1-3H3. The van der Waals surface area contributed by atoms with Crippen LogP contribution >= 0.6 is 0 Å². The molecule has 0 atom stereocenters. The molecule has 30 heavy (non-hydrogen) atoms. The minimum atomic E-state index is -0.232. The Bertz CT molecular complexity index is 999. The zero-order chi connectivity index (χ0) is 20.9. The van der Waals surface area contributed by atoms with Gasteiger partial charge in [0.15, 0.2) is 6.29 Å². The van der Waals surface area contributed by atoms with Crippen molar-refractivity contribution in [2.75, 3.05) is 41.2 Å². The highest BCUT2D eigenvalue weighted by Gasteiger charge is 2.20. The summed E-state index contributed by atoms with van der Waals surface area (Å²) < 4.78 is 33.7. The Kier molecular flexibility index (Phi) is 6.21. The summed E-state index contributed by atoms with van der Waals surface area (Å²) in [5, 5.41) is 0.792. The smallest absolute Gasteiger partial charge is 0.161 e. The number of hydrogen-bond donors (Lipinski definition) is 0. The van der Waals surface area contributed by atoms with E-state index in [1.165, 1.54) is 0 Å². The van der Waals surface area contributed by atoms with Crippen LogP contribution in [-0.2, 0) is 9.47 Å². The van der Waals surface area contributed by atoms with Gasteiger partial charge in [0.05, 0.1) is 52.1 Å². The van der Waals surface area contributed by atoms with Crippen molar-refractivity contribution >= 4 is 10.9 Å². The summed E-state index contributed by atoms with van der Waals surface area (Å²) >= 11 is 0. The molecule has 0 saturated carbocycles. The van der Waals surface area contributed by atoms with Crippen LogP contribution in [-0.4, -0.2) is 52.4 Å². The fraction of sp³-hybridized carbons (Fsp3) is 0.348. The monoisotopic (exact) mass is 411 g/mol. The fourth-order valence-electron chi connectivity index (χ4n) is 3.47. The van der Waals surface area contributed by atoms with Crippen molar-refractivity contribution in [1.82, 2.24) is 4.98 Å². The summed E-state index contributed by atoms with van der Waals surface area (Å²) in [5.41, 5.74) is 2.56. The summed E-state index contributed by atoms with van der Waals surface area (Å²) in [6.45, 7) is 1.67. The van der Waals surface area contributed by atoms with Crippen LogP contribution in [0.3, 0.4) is 0 Å². The minimum Gasteiger partial charge on any atom is -0.497 e. The maximum absolute atomic E-state index is 6.29. The van der Waals surface area contributed by atoms with Gasteiger partial charge in [-0.15, -0.1) is 0 Å². The molecule has 0 aliphatic carbocycles. The van der Waals surface area contributed by atoms with E-state index >= 15 is 0 Å². The summed E-state index contributed by atoms with van der Waals surface area (Å²) in [4.78, 5) is 4.64. The van der Waals surface area contributed by atoms with Crippen molar-refractivity contribution in [3.63, 3.8) is 0 Å². The molecule has 0 amide bonds. The van der Waals surface area contributed by atoms with E-state index in [0.29, 0.717) is 43.5 Å². The first-order chi connectivity index (χ1) is 14.7. The van der Waals surface area contributed by atoms with Gasteiger partial charge < -0.3 is 28.4 Å². The third kappa shape index (κ3) is 4.13. The molecule has 0 radical (unpaired) electrons. The molecule has 4 rings (SSSR count). The molecule has 2 heterocycles. The van der Waals surface area contributed by atoms with Gasteiger partial charge in [-0.1, -0.05) is 12.1 Å². The van der Waals surface area contributed by atoms with Crippen LogP contribution < -0.4 is 18.9 Å². The normalized spacial score (nSPS) is 14.1. The number of fused-ring (bicyclic) bond motifs is 1. The quantitative estimate of drug-likeness (QED) is 0.553. The fourth-order valence-corrected chi connectivity index (χ4v) is 3.47. The summed E-state index contributed by atoms with van der Waals surface area (Å²) in [6, 6.07) is 11.5. The predicted molar refractivity (Wildman–Crippen MR) is 113 cm³/mol. The number of aromatic nitrogens is 1. The Labute approximate surface area is 175 Å². The maximum atomic E-state index is 6.29. The average Bonchev–Trinajstić information content (AvgIpc) is 3.32. The van der Waals surface area contributed by atoms with Gasteiger partial charge in [-0.05, 0) is 17.7 Å². The van der Waals surface area contributed by atoms with Crippen molar-refractivity contribution < 1.29 is 28.4 Å². The van der Waals surface area contributed by atoms with E-state index in [-0.39, 0.29) is 6.29 Å². The molecule has 1 fully saturated rings. The lowest BCUT2D eigenvalue weighted by Gasteiger charge is -2.18. The molecule has 0 bridgehead atoms. The van der Waals surface area contributed by atoms with E-state index < -0.39 is 0 Å². The van der Waals surface area contributed by atoms with Crippen molar-refractivity contribution in [1.29, 1.82) is 0 Å². The number of benzene rings is 2. The second kappa shape index (κ2) is 9.19. The van der Waals surface area contributed by atoms with Crippen LogP contribution in [0.1, 0.15) is 6.42 Å². The van der Waals surface area contributed by atoms with Crippen LogP contribution in [0.4, 0.5) is 0 Å². The van der Waals surface area contributed by atoms with Crippen LogP contribution in [0.15, 0.2) is 42.6 Å². The van der Waals surface area contributed by atoms with Crippen molar-refractivity contribution in [2.45, 2.75) is 12.7 Å². The molecule has 0 spiro atoms. The molecule has 7 heteroatoms. The molecule has 158 valence electrons. The van der Waals surface area contributed by atoms with E-state index in [1.807, 2.05) is 36.4 Å². The Morgan fingerprint density at radius 1 is 0.933 bits per heavy atom. The molecule has 2 aromatic carbocycles. The highest BCUT2D eigenvalue weighted by atomic mass is 16.7. The average molecular weight is 411 g/mol. The second-order valence-electron chi connectivity index (χ2n) is 6.76. The number of pyridine rings is 1. The third-order valence-electron chi connectivity index (χ3n) is 5.01. The van der Waals surface area contributed by atoms with Crippen LogP contribution in [0.2, 0.25) is 0 Å². The molecule has 1 saturated heterocycles. The van der Waals surface area contributed by atoms with Gasteiger partial charge in [-0.3, -0.25) is 4.98 Å². The van der Waals surface area contributed by atoms with E-state index in [4.69, 9.17) is 28.4 Å². The molecule has 3 aromatic rings. The lowest BCUT2D eigenvalue weighted by Crippen LogP contribution is -2.13. The summed E-state index contributed by atoms with van der Waals surface area (Å²) in [7, 11) is 4.89. The lowest BCUT2D eigenvalue weighted by molar-refractivity contribution is -0.0530. The Morgan fingerprint density at radius 3 is 2.33 bits per heavy atom. The second-order valence-corrected chi connectivity index (χ2v) is 6.76. The largest absolute Gasteiger partial charge is 0.497 e. The zero-order valence-corrected chi connectivity index (χ0v) is 17.3. The first-order valence-corrected chi connectivity index (χ1v) is 9.78. The molecule has 1 aromatic heterocycles. The molecule has 0 N–H and O–H groups in total. The molecule has 1 aliphatic rings. The Hall–Kier alpha value is -3.03. The van der Waals surface area contributed by atoms with Gasteiger partial charge in [0.25, 0.3) is 0 Å². The molecule has 1 aliphatic heterocycles. The maximum Gasteiger partial charge on any atom is 0.161 e. The molecule has 0 unspecified atom stereocenters. The van der Waals surface area contributed by atoms with Gasteiger partial charge in [-0.25, -0.2) is 0 Å². The lowest BCUT2D eigenvalue weighted by atomic mass is 10.0. The van der Waals surface area contributed by atoms with Crippen LogP contribution in [0.5, 0.6) is 23.0 Å². The first kappa shape index (κ1) is 20.3. The highest BCUT2D eigenvalue weighted by Crippen LogP contribution is 2.42. The van der Waals surface area contributed by atoms with Crippen LogP contribution in [0, 0.1) is 0 Å². The van der Waals surface area contributed by atoms with E-state index in [1.54, 1.807) is 27.5 Å². The summed E-state index contributed by atoms with van der Waals surface area (Å²) in [5.74, 6) is 2.79. The number of methoxy groups -OCH3 is 3. The number of nitrogens with zero attached hydrogens (tertiary/aromatic N) is 1. The zero-order valence-electron chi connectivity index (χ0n) is 17.3. The minimum absolute atomic E-state index is 0.232. The van der Waals surface area contributed by atoms with Gasteiger partial charge >= 0.3 is 0 Å². The SMILES string of the molecule is COc1ccc(-c2cnc3cc(OC)cc(OC)c3c2OCCC2OCCO2)cc1. The van der Waals surface area contributed by atoms with Gasteiger partial charge in [0, 0.05) is 30.3 Å². The van der Waals surface area contributed by atoms with Crippen LogP contribution in [0.25, 0.3) is 22.0 Å². The van der Waals surface area contributed by atoms with E-state index in [9.17, 15) is 0 Å². The van der Waals surface area contributed by atoms with Crippen molar-refractivity contribution in [3.8, 4) is 34.1 Å². The Balaban J connectivity index is 1.77. The van der Waals surface area contributed by atoms with Crippen molar-refractivity contribution in [3.05, 3.63) is 42.6 Å². The predicted octanol–water partition coefficient (Wildman–Crippen LogP) is 4.07. The molecule has 7 nitrogen and oxygen atoms in total. The van der Waals surface area contributed by atoms with Crippen molar-refractivity contribution in [2.24, 2.45) is 0 Å². The summed E-state index contributed by atoms with van der Waals surface area (Å²) in [6.07, 6.45) is 2.20. The Morgan fingerprint density at radius 2 is 1.67 bits per heavy atom.